The Morgan fingerprint density at radius 1 is 1.03 bits per heavy atom. The highest BCUT2D eigenvalue weighted by molar-refractivity contribution is 5.98. The number of anilines is 1. The van der Waals surface area contributed by atoms with E-state index < -0.39 is 5.97 Å². The Morgan fingerprint density at radius 3 is 2.64 bits per heavy atom. The highest BCUT2D eigenvalue weighted by Gasteiger charge is 2.18. The van der Waals surface area contributed by atoms with Gasteiger partial charge < -0.3 is 19.8 Å². The lowest BCUT2D eigenvalue weighted by atomic mass is 9.95. The fourth-order valence-corrected chi connectivity index (χ4v) is 4.66. The van der Waals surface area contributed by atoms with Gasteiger partial charge in [-0.2, -0.15) is 0 Å². The molecule has 1 saturated heterocycles. The molecule has 2 heterocycles. The Bertz CT molecular complexity index is 1150. The minimum atomic E-state index is -0.487. The smallest absolute Gasteiger partial charge is 0.338 e. The number of nitrogens with zero attached hydrogens (tertiary/aromatic N) is 1. The predicted molar refractivity (Wildman–Crippen MR) is 126 cm³/mol. The first-order valence-electron chi connectivity index (χ1n) is 11.7. The van der Waals surface area contributed by atoms with Gasteiger partial charge >= 0.3 is 5.97 Å². The fourth-order valence-electron chi connectivity index (χ4n) is 4.66. The largest absolute Gasteiger partial charge is 0.452 e. The van der Waals surface area contributed by atoms with Crippen molar-refractivity contribution in [2.75, 3.05) is 38.2 Å². The molecule has 1 fully saturated rings. The molecule has 33 heavy (non-hydrogen) atoms. The second-order valence-electron chi connectivity index (χ2n) is 8.76. The van der Waals surface area contributed by atoms with E-state index in [1.165, 1.54) is 29.7 Å². The van der Waals surface area contributed by atoms with E-state index in [1.54, 1.807) is 6.07 Å². The summed E-state index contributed by atoms with van der Waals surface area (Å²) in [5.74, 6) is -0.844. The van der Waals surface area contributed by atoms with Crippen LogP contribution in [0.3, 0.4) is 0 Å². The van der Waals surface area contributed by atoms with Gasteiger partial charge in [0.05, 0.1) is 18.8 Å². The Labute approximate surface area is 193 Å². The Balaban J connectivity index is 1.14. The molecule has 0 atom stereocenters. The average molecular weight is 448 g/mol. The van der Waals surface area contributed by atoms with Crippen LogP contribution < -0.4 is 5.32 Å². The van der Waals surface area contributed by atoms with E-state index in [2.05, 4.69) is 15.2 Å². The molecular formula is C26H29N3O4. The Morgan fingerprint density at radius 2 is 1.82 bits per heavy atom. The molecule has 7 nitrogen and oxygen atoms in total. The molecule has 3 aromatic rings. The molecule has 1 amide bonds. The first-order chi connectivity index (χ1) is 16.2. The number of H-pyrrole nitrogens is 1. The molecule has 0 saturated carbocycles. The van der Waals surface area contributed by atoms with Crippen molar-refractivity contribution in [3.8, 4) is 0 Å². The molecule has 0 radical (unpaired) electrons. The summed E-state index contributed by atoms with van der Waals surface area (Å²) in [4.78, 5) is 30.6. The summed E-state index contributed by atoms with van der Waals surface area (Å²) in [7, 11) is 0. The van der Waals surface area contributed by atoms with Crippen LogP contribution in [0, 0.1) is 0 Å². The molecule has 2 N–H and O–H groups in total. The maximum absolute atomic E-state index is 12.5. The first kappa shape index (κ1) is 21.7. The third-order valence-electron chi connectivity index (χ3n) is 6.42. The SMILES string of the molecule is O=C(COC(=O)c1ccc2[nH]c3c(c2c1)CCCC3)Nc1ccc(CN2CCOCC2)cc1. The average Bonchev–Trinajstić information content (AvgIpc) is 3.22. The van der Waals surface area contributed by atoms with Crippen molar-refractivity contribution in [1.82, 2.24) is 9.88 Å². The number of morpholine rings is 1. The number of fused-ring (bicyclic) bond motifs is 3. The summed E-state index contributed by atoms with van der Waals surface area (Å²) < 4.78 is 10.7. The zero-order chi connectivity index (χ0) is 22.6. The maximum atomic E-state index is 12.5. The number of hydrogen-bond donors (Lipinski definition) is 2. The van der Waals surface area contributed by atoms with Crippen molar-refractivity contribution in [1.29, 1.82) is 0 Å². The lowest BCUT2D eigenvalue weighted by molar-refractivity contribution is -0.119. The van der Waals surface area contributed by atoms with Gasteiger partial charge in [0.25, 0.3) is 5.91 Å². The van der Waals surface area contributed by atoms with Crippen LogP contribution in [0.1, 0.15) is 40.0 Å². The molecule has 2 aliphatic rings. The van der Waals surface area contributed by atoms with Crippen LogP contribution >= 0.6 is 0 Å². The maximum Gasteiger partial charge on any atom is 0.338 e. The summed E-state index contributed by atoms with van der Waals surface area (Å²) in [6, 6.07) is 13.3. The molecule has 0 spiro atoms. The number of aromatic amines is 1. The minimum Gasteiger partial charge on any atom is -0.452 e. The summed E-state index contributed by atoms with van der Waals surface area (Å²) in [6.45, 7) is 3.95. The van der Waals surface area contributed by atoms with Gasteiger partial charge in [-0.25, -0.2) is 4.79 Å². The first-order valence-corrected chi connectivity index (χ1v) is 11.7. The number of ether oxygens (including phenoxy) is 2. The number of rotatable bonds is 6. The molecular weight excluding hydrogens is 418 g/mol. The van der Waals surface area contributed by atoms with Crippen LogP contribution in [0.15, 0.2) is 42.5 Å². The zero-order valence-corrected chi connectivity index (χ0v) is 18.7. The molecule has 2 aromatic carbocycles. The van der Waals surface area contributed by atoms with Crippen molar-refractivity contribution in [2.45, 2.75) is 32.2 Å². The Hall–Kier alpha value is -3.16. The minimum absolute atomic E-state index is 0.322. The van der Waals surface area contributed by atoms with Crippen LogP contribution in [0.2, 0.25) is 0 Å². The van der Waals surface area contributed by atoms with Crippen molar-refractivity contribution in [3.05, 3.63) is 64.8 Å². The van der Waals surface area contributed by atoms with Gasteiger partial charge in [0.2, 0.25) is 0 Å². The molecule has 1 aliphatic heterocycles. The van der Waals surface area contributed by atoms with Gasteiger partial charge in [0.15, 0.2) is 6.61 Å². The molecule has 0 bridgehead atoms. The number of hydrogen-bond acceptors (Lipinski definition) is 5. The standard InChI is InChI=1S/C26H29N3O4/c30-25(27-20-8-5-18(6-9-20)16-29-11-13-32-14-12-29)17-33-26(31)19-7-10-24-22(15-19)21-3-1-2-4-23(21)28-24/h5-10,15,28H,1-4,11-14,16-17H2,(H,27,30). The highest BCUT2D eigenvalue weighted by Crippen LogP contribution is 2.29. The molecule has 1 aliphatic carbocycles. The van der Waals surface area contributed by atoms with Crippen molar-refractivity contribution in [2.24, 2.45) is 0 Å². The van der Waals surface area contributed by atoms with Gasteiger partial charge in [-0.15, -0.1) is 0 Å². The molecule has 0 unspecified atom stereocenters. The van der Waals surface area contributed by atoms with E-state index >= 15 is 0 Å². The summed E-state index contributed by atoms with van der Waals surface area (Å²) >= 11 is 0. The van der Waals surface area contributed by atoms with Crippen molar-refractivity contribution in [3.63, 3.8) is 0 Å². The van der Waals surface area contributed by atoms with Crippen LogP contribution in [0.4, 0.5) is 5.69 Å². The summed E-state index contributed by atoms with van der Waals surface area (Å²) in [6.07, 6.45) is 4.45. The highest BCUT2D eigenvalue weighted by atomic mass is 16.5. The molecule has 172 valence electrons. The number of benzene rings is 2. The third kappa shape index (κ3) is 5.10. The number of esters is 1. The zero-order valence-electron chi connectivity index (χ0n) is 18.7. The molecule has 1 aromatic heterocycles. The van der Waals surface area contributed by atoms with E-state index in [0.29, 0.717) is 11.3 Å². The monoisotopic (exact) mass is 447 g/mol. The second kappa shape index (κ2) is 9.77. The van der Waals surface area contributed by atoms with Crippen LogP contribution in [0.5, 0.6) is 0 Å². The van der Waals surface area contributed by atoms with E-state index in [0.717, 1.165) is 56.6 Å². The van der Waals surface area contributed by atoms with E-state index in [4.69, 9.17) is 9.47 Å². The van der Waals surface area contributed by atoms with Gasteiger partial charge in [-0.3, -0.25) is 9.69 Å². The second-order valence-corrected chi connectivity index (χ2v) is 8.76. The number of nitrogens with one attached hydrogen (secondary N) is 2. The van der Waals surface area contributed by atoms with E-state index in [-0.39, 0.29) is 12.5 Å². The Kier molecular flexibility index (Phi) is 6.41. The predicted octanol–water partition coefficient (Wildman–Crippen LogP) is 3.67. The lowest BCUT2D eigenvalue weighted by Gasteiger charge is -2.26. The van der Waals surface area contributed by atoms with Crippen molar-refractivity contribution < 1.29 is 19.1 Å². The number of aryl methyl sites for hydroxylation is 2. The third-order valence-corrected chi connectivity index (χ3v) is 6.42. The number of aromatic nitrogens is 1. The summed E-state index contributed by atoms with van der Waals surface area (Å²) in [5.41, 5.74) is 5.96. The van der Waals surface area contributed by atoms with Gasteiger partial charge in [0.1, 0.15) is 0 Å². The van der Waals surface area contributed by atoms with Gasteiger partial charge in [0, 0.05) is 41.9 Å². The van der Waals surface area contributed by atoms with Crippen LogP contribution in [0.25, 0.3) is 10.9 Å². The number of amides is 1. The lowest BCUT2D eigenvalue weighted by Crippen LogP contribution is -2.35. The van der Waals surface area contributed by atoms with Crippen LogP contribution in [-0.2, 0) is 33.7 Å². The fraction of sp³-hybridized carbons (Fsp3) is 0.385. The van der Waals surface area contributed by atoms with Gasteiger partial charge in [-0.1, -0.05) is 12.1 Å². The van der Waals surface area contributed by atoms with Gasteiger partial charge in [-0.05, 0) is 67.1 Å². The van der Waals surface area contributed by atoms with E-state index in [9.17, 15) is 9.59 Å². The molecule has 5 rings (SSSR count). The van der Waals surface area contributed by atoms with Crippen LogP contribution in [-0.4, -0.2) is 54.7 Å². The van der Waals surface area contributed by atoms with Crippen molar-refractivity contribution >= 4 is 28.5 Å². The number of carbonyl (C=O) groups excluding carboxylic acids is 2. The topological polar surface area (TPSA) is 83.7 Å². The van der Waals surface area contributed by atoms with E-state index in [1.807, 2.05) is 36.4 Å². The summed E-state index contributed by atoms with van der Waals surface area (Å²) in [5, 5.41) is 3.88. The number of carbonyl (C=O) groups is 2. The quantitative estimate of drug-likeness (QED) is 0.564. The normalized spacial score (nSPS) is 16.4. The molecule has 7 heteroatoms.